The monoisotopic (exact) mass is 284 g/mol. The van der Waals surface area contributed by atoms with E-state index in [-0.39, 0.29) is 12.8 Å². The molecule has 2 rings (SSSR count). The summed E-state index contributed by atoms with van der Waals surface area (Å²) in [5, 5.41) is 28.0. The Bertz CT molecular complexity index is 613. The zero-order valence-corrected chi connectivity index (χ0v) is 10.4. The smallest absolute Gasteiger partial charge is 0.351 e. The lowest BCUT2D eigenvalue weighted by Gasteiger charge is -2.27. The molecule has 1 aliphatic rings. The van der Waals surface area contributed by atoms with Crippen LogP contribution in [-0.2, 0) is 4.74 Å². The number of aromatic nitrogens is 2. The van der Waals surface area contributed by atoms with Gasteiger partial charge >= 0.3 is 5.69 Å². The van der Waals surface area contributed by atoms with Gasteiger partial charge in [-0.05, 0) is 0 Å². The van der Waals surface area contributed by atoms with E-state index in [0.29, 0.717) is 0 Å². The van der Waals surface area contributed by atoms with E-state index < -0.39 is 41.9 Å². The molecule has 1 aromatic rings. The number of halogens is 1. The van der Waals surface area contributed by atoms with E-state index >= 15 is 0 Å². The lowest BCUT2D eigenvalue weighted by Crippen LogP contribution is -2.43. The third-order valence-electron chi connectivity index (χ3n) is 3.29. The first-order chi connectivity index (χ1) is 9.43. The van der Waals surface area contributed by atoms with Gasteiger partial charge in [0.25, 0.3) is 0 Å². The number of nitriles is 1. The average Bonchev–Trinajstić information content (AvgIpc) is 2.72. The van der Waals surface area contributed by atoms with E-state index in [1.807, 2.05) is 0 Å². The van der Waals surface area contributed by atoms with Crippen LogP contribution in [0.5, 0.6) is 0 Å². The van der Waals surface area contributed by atoms with Gasteiger partial charge < -0.3 is 20.7 Å². The quantitative estimate of drug-likeness (QED) is 0.640. The fourth-order valence-electron chi connectivity index (χ4n) is 2.13. The molecule has 0 radical (unpaired) electrons. The molecule has 108 valence electrons. The van der Waals surface area contributed by atoms with Crippen LogP contribution in [0.4, 0.5) is 10.2 Å². The summed E-state index contributed by atoms with van der Waals surface area (Å²) in [7, 11) is 0. The standard InChI is InChI=1S/C11H13FN4O4/c12-6-4-16(10(19)15-9(6)14)8-3-7(18)11(5-17,20-8)1-2-13/h4,7-8,17-18H,1,3,5H2,(H2,14,15,19)/t7-,8-,11+/m0/s1. The van der Waals surface area contributed by atoms with Crippen LogP contribution in [0, 0.1) is 17.1 Å². The summed E-state index contributed by atoms with van der Waals surface area (Å²) in [6.45, 7) is -0.599. The molecule has 0 spiro atoms. The second kappa shape index (κ2) is 5.16. The van der Waals surface area contributed by atoms with E-state index in [9.17, 15) is 19.4 Å². The van der Waals surface area contributed by atoms with Crippen LogP contribution in [0.3, 0.4) is 0 Å². The number of nitrogens with two attached hydrogens (primary N) is 1. The number of ether oxygens (including phenoxy) is 1. The van der Waals surface area contributed by atoms with Gasteiger partial charge in [-0.2, -0.15) is 10.2 Å². The number of anilines is 1. The van der Waals surface area contributed by atoms with Crippen LogP contribution < -0.4 is 11.4 Å². The van der Waals surface area contributed by atoms with Gasteiger partial charge in [-0.25, -0.2) is 9.18 Å². The molecule has 1 saturated heterocycles. The van der Waals surface area contributed by atoms with Crippen molar-refractivity contribution in [2.45, 2.75) is 30.8 Å². The van der Waals surface area contributed by atoms with Crippen molar-refractivity contribution in [2.24, 2.45) is 0 Å². The predicted octanol–water partition coefficient (Wildman–Crippen LogP) is -1.11. The fraction of sp³-hybridized carbons (Fsp3) is 0.545. The SMILES string of the molecule is N#CC[C@]1(CO)O[C@H](n2cc(F)c(N)nc2=O)C[C@@H]1O. The summed E-state index contributed by atoms with van der Waals surface area (Å²) in [4.78, 5) is 14.9. The number of nitrogen functional groups attached to an aromatic ring is 1. The van der Waals surface area contributed by atoms with Gasteiger partial charge in [0, 0.05) is 6.42 Å². The molecule has 0 aliphatic carbocycles. The normalized spacial score (nSPS) is 29.3. The third kappa shape index (κ3) is 2.24. The second-order valence-corrected chi connectivity index (χ2v) is 4.55. The minimum Gasteiger partial charge on any atom is -0.393 e. The molecule has 20 heavy (non-hydrogen) atoms. The van der Waals surface area contributed by atoms with Crippen molar-refractivity contribution in [3.63, 3.8) is 0 Å². The maximum absolute atomic E-state index is 13.4. The highest BCUT2D eigenvalue weighted by Gasteiger charge is 2.48. The highest BCUT2D eigenvalue weighted by molar-refractivity contribution is 5.26. The van der Waals surface area contributed by atoms with Crippen LogP contribution >= 0.6 is 0 Å². The maximum atomic E-state index is 13.4. The van der Waals surface area contributed by atoms with E-state index in [1.54, 1.807) is 6.07 Å². The van der Waals surface area contributed by atoms with Gasteiger partial charge in [0.1, 0.15) is 11.8 Å². The molecule has 1 aliphatic heterocycles. The largest absolute Gasteiger partial charge is 0.393 e. The van der Waals surface area contributed by atoms with Crippen molar-refractivity contribution < 1.29 is 19.3 Å². The van der Waals surface area contributed by atoms with E-state index in [0.717, 1.165) is 10.8 Å². The molecule has 0 aromatic carbocycles. The summed E-state index contributed by atoms with van der Waals surface area (Å²) in [5.41, 5.74) is 2.84. The molecule has 8 nitrogen and oxygen atoms in total. The van der Waals surface area contributed by atoms with Crippen molar-refractivity contribution in [1.29, 1.82) is 5.26 Å². The van der Waals surface area contributed by atoms with Crippen molar-refractivity contribution >= 4 is 5.82 Å². The van der Waals surface area contributed by atoms with E-state index in [4.69, 9.17) is 15.7 Å². The molecular weight excluding hydrogens is 271 g/mol. The molecule has 2 heterocycles. The van der Waals surface area contributed by atoms with E-state index in [1.165, 1.54) is 0 Å². The molecule has 1 aromatic heterocycles. The summed E-state index contributed by atoms with van der Waals surface area (Å²) in [6.07, 6.45) is -1.71. The Kier molecular flexibility index (Phi) is 3.71. The van der Waals surface area contributed by atoms with Gasteiger partial charge in [0.05, 0.1) is 31.4 Å². The first-order valence-corrected chi connectivity index (χ1v) is 5.81. The van der Waals surface area contributed by atoms with Crippen molar-refractivity contribution in [2.75, 3.05) is 12.3 Å². The first-order valence-electron chi connectivity index (χ1n) is 5.81. The summed E-state index contributed by atoms with van der Waals surface area (Å²) in [6, 6.07) is 1.80. The Morgan fingerprint density at radius 1 is 1.75 bits per heavy atom. The number of rotatable bonds is 3. The topological polar surface area (TPSA) is 134 Å². The second-order valence-electron chi connectivity index (χ2n) is 4.55. The fourth-order valence-corrected chi connectivity index (χ4v) is 2.13. The van der Waals surface area contributed by atoms with Crippen LogP contribution in [0.25, 0.3) is 0 Å². The molecule has 0 saturated carbocycles. The van der Waals surface area contributed by atoms with Crippen LogP contribution in [-0.4, -0.2) is 38.1 Å². The van der Waals surface area contributed by atoms with Gasteiger partial charge in [-0.3, -0.25) is 4.57 Å². The summed E-state index contributed by atoms with van der Waals surface area (Å²) in [5.74, 6) is -1.43. The van der Waals surface area contributed by atoms with Gasteiger partial charge in [-0.1, -0.05) is 0 Å². The van der Waals surface area contributed by atoms with Crippen LogP contribution in [0.2, 0.25) is 0 Å². The van der Waals surface area contributed by atoms with Gasteiger partial charge in [0.2, 0.25) is 0 Å². The molecule has 0 bridgehead atoms. The van der Waals surface area contributed by atoms with Crippen LogP contribution in [0.15, 0.2) is 11.0 Å². The highest BCUT2D eigenvalue weighted by atomic mass is 19.1. The molecule has 4 N–H and O–H groups in total. The molecule has 9 heteroatoms. The Morgan fingerprint density at radius 2 is 2.45 bits per heavy atom. The van der Waals surface area contributed by atoms with Crippen molar-refractivity contribution in [1.82, 2.24) is 9.55 Å². The minimum atomic E-state index is -1.49. The summed E-state index contributed by atoms with van der Waals surface area (Å²) >= 11 is 0. The Morgan fingerprint density at radius 3 is 3.05 bits per heavy atom. The van der Waals surface area contributed by atoms with Gasteiger partial charge in [-0.15, -0.1) is 0 Å². The Balaban J connectivity index is 2.36. The molecule has 0 amide bonds. The predicted molar refractivity (Wildman–Crippen MR) is 63.7 cm³/mol. The zero-order chi connectivity index (χ0) is 14.9. The molecular formula is C11H13FN4O4. The lowest BCUT2D eigenvalue weighted by molar-refractivity contribution is -0.125. The Labute approximate surface area is 112 Å². The lowest BCUT2D eigenvalue weighted by atomic mass is 9.94. The molecule has 0 unspecified atom stereocenters. The summed E-state index contributed by atoms with van der Waals surface area (Å²) < 4.78 is 19.6. The maximum Gasteiger partial charge on any atom is 0.351 e. The van der Waals surface area contributed by atoms with Gasteiger partial charge in [0.15, 0.2) is 11.6 Å². The number of nitrogens with zero attached hydrogens (tertiary/aromatic N) is 3. The van der Waals surface area contributed by atoms with Crippen LogP contribution in [0.1, 0.15) is 19.1 Å². The van der Waals surface area contributed by atoms with E-state index in [2.05, 4.69) is 4.98 Å². The number of aliphatic hydroxyl groups is 2. The minimum absolute atomic E-state index is 0.0762. The average molecular weight is 284 g/mol. The number of hydrogen-bond acceptors (Lipinski definition) is 7. The zero-order valence-electron chi connectivity index (χ0n) is 10.4. The van der Waals surface area contributed by atoms with Crippen molar-refractivity contribution in [3.8, 4) is 6.07 Å². The molecule has 1 fully saturated rings. The number of hydrogen-bond donors (Lipinski definition) is 3. The third-order valence-corrected chi connectivity index (χ3v) is 3.29. The highest BCUT2D eigenvalue weighted by Crippen LogP contribution is 2.38. The Hall–Kier alpha value is -2.02. The first kappa shape index (κ1) is 14.4. The van der Waals surface area contributed by atoms with Crippen molar-refractivity contribution in [3.05, 3.63) is 22.5 Å². The number of aliphatic hydroxyl groups excluding tert-OH is 2. The molecule has 3 atom stereocenters.